The van der Waals surface area contributed by atoms with Gasteiger partial charge in [0, 0.05) is 11.5 Å². The lowest BCUT2D eigenvalue weighted by molar-refractivity contribution is -0.132. The van der Waals surface area contributed by atoms with Crippen molar-refractivity contribution in [3.8, 4) is 0 Å². The highest BCUT2D eigenvalue weighted by molar-refractivity contribution is 9.10. The van der Waals surface area contributed by atoms with Crippen LogP contribution in [0.3, 0.4) is 0 Å². The minimum Gasteiger partial charge on any atom is -0.394 e. The molecule has 2 N–H and O–H groups in total. The Hall–Kier alpha value is -1.94. The molecule has 0 atom stereocenters. The van der Waals surface area contributed by atoms with Gasteiger partial charge in [0.05, 0.1) is 31.0 Å². The fourth-order valence-electron chi connectivity index (χ4n) is 2.84. The molecule has 2 heterocycles. The van der Waals surface area contributed by atoms with Crippen molar-refractivity contribution in [3.05, 3.63) is 55.0 Å². The number of nitrogens with one attached hydrogen (secondary N) is 1. The molecule has 1 aliphatic rings. The highest BCUT2D eigenvalue weighted by Crippen LogP contribution is 2.32. The lowest BCUT2D eigenvalue weighted by Crippen LogP contribution is -2.41. The summed E-state index contributed by atoms with van der Waals surface area (Å²) in [5.41, 5.74) is 0.120. The lowest BCUT2D eigenvalue weighted by Gasteiger charge is -2.30. The van der Waals surface area contributed by atoms with Gasteiger partial charge < -0.3 is 10.4 Å². The van der Waals surface area contributed by atoms with E-state index in [0.717, 1.165) is 9.63 Å². The first-order chi connectivity index (χ1) is 12.8. The van der Waals surface area contributed by atoms with E-state index < -0.39 is 17.3 Å². The zero-order chi connectivity index (χ0) is 19.7. The van der Waals surface area contributed by atoms with Crippen LogP contribution in [0.2, 0.25) is 5.02 Å². The number of nitrogens with zero attached hydrogens (tertiary/aromatic N) is 2. The van der Waals surface area contributed by atoms with Crippen molar-refractivity contribution in [2.75, 3.05) is 25.1 Å². The van der Waals surface area contributed by atoms with Crippen LogP contribution in [-0.2, 0) is 18.3 Å². The molecule has 0 unspecified atom stereocenters. The largest absolute Gasteiger partial charge is 0.394 e. The van der Waals surface area contributed by atoms with Gasteiger partial charge in [-0.05, 0) is 30.2 Å². The van der Waals surface area contributed by atoms with Gasteiger partial charge in [-0.1, -0.05) is 27.5 Å². The molecule has 1 aromatic heterocycles. The summed E-state index contributed by atoms with van der Waals surface area (Å²) in [7, 11) is 1.44. The van der Waals surface area contributed by atoms with Crippen molar-refractivity contribution in [2.24, 2.45) is 7.05 Å². The number of amides is 1. The zero-order valence-corrected chi connectivity index (χ0v) is 16.6. The number of hydrogen-bond acceptors (Lipinski definition) is 5. The molecule has 1 amide bonds. The zero-order valence-electron chi connectivity index (χ0n) is 14.3. The van der Waals surface area contributed by atoms with Gasteiger partial charge in [0.1, 0.15) is 16.7 Å². The third-order valence-electron chi connectivity index (χ3n) is 4.16. The number of anilines is 2. The van der Waals surface area contributed by atoms with Crippen LogP contribution in [0.4, 0.5) is 15.9 Å². The van der Waals surface area contributed by atoms with Gasteiger partial charge in [-0.3, -0.25) is 19.0 Å². The third kappa shape index (κ3) is 3.73. The van der Waals surface area contributed by atoms with Crippen molar-refractivity contribution in [1.82, 2.24) is 9.63 Å². The molecule has 0 saturated carbocycles. The molecule has 0 saturated heterocycles. The van der Waals surface area contributed by atoms with E-state index in [1.165, 1.54) is 19.2 Å². The Morgan fingerprint density at radius 1 is 1.41 bits per heavy atom. The van der Waals surface area contributed by atoms with E-state index >= 15 is 0 Å². The first kappa shape index (κ1) is 19.8. The summed E-state index contributed by atoms with van der Waals surface area (Å²) in [5.74, 6) is -0.970. The monoisotopic (exact) mass is 459 g/mol. The van der Waals surface area contributed by atoms with E-state index in [1.54, 1.807) is 6.07 Å². The number of halogens is 3. The minimum atomic E-state index is -0.558. The Labute approximate surface area is 167 Å². The maximum Gasteiger partial charge on any atom is 0.281 e. The Kier molecular flexibility index (Phi) is 5.85. The van der Waals surface area contributed by atoms with E-state index in [1.807, 2.05) is 0 Å². The summed E-state index contributed by atoms with van der Waals surface area (Å²) in [5, 5.41) is 12.8. The molecule has 144 valence electrons. The Morgan fingerprint density at radius 2 is 2.15 bits per heavy atom. The number of benzene rings is 1. The standard InChI is InChI=1S/C17H16BrClFN3O4/c1-22-15(21-12-3-2-9(18)8-11(12)20)13-10(14(19)17(22)26)4-5-23(16(13)25)27-7-6-24/h2-3,8,21,24H,4-7H2,1H3. The number of aromatic nitrogens is 1. The van der Waals surface area contributed by atoms with Crippen LogP contribution in [0.25, 0.3) is 0 Å². The molecular formula is C17H16BrClFN3O4. The van der Waals surface area contributed by atoms with E-state index in [4.69, 9.17) is 21.5 Å². The quantitative estimate of drug-likeness (QED) is 0.717. The molecule has 3 rings (SSSR count). The summed E-state index contributed by atoms with van der Waals surface area (Å²) < 4.78 is 16.0. The molecular weight excluding hydrogens is 445 g/mol. The van der Waals surface area contributed by atoms with Gasteiger partial charge in [0.2, 0.25) is 0 Å². The van der Waals surface area contributed by atoms with Gasteiger partial charge in [-0.25, -0.2) is 9.45 Å². The summed E-state index contributed by atoms with van der Waals surface area (Å²) in [6, 6.07) is 4.38. The molecule has 0 radical (unpaired) electrons. The molecule has 0 spiro atoms. The van der Waals surface area contributed by atoms with Crippen molar-refractivity contribution in [2.45, 2.75) is 6.42 Å². The first-order valence-electron chi connectivity index (χ1n) is 8.04. The number of hydrogen-bond donors (Lipinski definition) is 2. The average molecular weight is 461 g/mol. The first-order valence-corrected chi connectivity index (χ1v) is 9.21. The van der Waals surface area contributed by atoms with Crippen molar-refractivity contribution >= 4 is 44.9 Å². The second-order valence-electron chi connectivity index (χ2n) is 5.84. The second kappa shape index (κ2) is 7.97. The second-order valence-corrected chi connectivity index (χ2v) is 7.14. The van der Waals surface area contributed by atoms with Crippen LogP contribution < -0.4 is 10.9 Å². The predicted molar refractivity (Wildman–Crippen MR) is 102 cm³/mol. The molecule has 10 heteroatoms. The molecule has 1 aliphatic heterocycles. The predicted octanol–water partition coefficient (Wildman–Crippen LogP) is 2.61. The van der Waals surface area contributed by atoms with Gasteiger partial charge in [0.25, 0.3) is 11.5 Å². The van der Waals surface area contributed by atoms with Gasteiger partial charge in [0.15, 0.2) is 0 Å². The summed E-state index contributed by atoms with van der Waals surface area (Å²) >= 11 is 9.35. The number of carbonyl (C=O) groups excluding carboxylic acids is 1. The van der Waals surface area contributed by atoms with Crippen LogP contribution in [-0.4, -0.2) is 40.4 Å². The van der Waals surface area contributed by atoms with E-state index in [0.29, 0.717) is 16.5 Å². The maximum absolute atomic E-state index is 14.3. The fourth-order valence-corrected chi connectivity index (χ4v) is 3.49. The summed E-state index contributed by atoms with van der Waals surface area (Å²) in [6.07, 6.45) is 0.291. The van der Waals surface area contributed by atoms with Crippen molar-refractivity contribution in [1.29, 1.82) is 0 Å². The molecule has 27 heavy (non-hydrogen) atoms. The van der Waals surface area contributed by atoms with Crippen molar-refractivity contribution < 1.29 is 19.1 Å². The van der Waals surface area contributed by atoms with E-state index in [-0.39, 0.29) is 41.8 Å². The molecule has 1 aromatic carbocycles. The molecule has 0 fully saturated rings. The number of aliphatic hydroxyl groups excluding tert-OH is 1. The number of fused-ring (bicyclic) bond motifs is 1. The van der Waals surface area contributed by atoms with E-state index in [9.17, 15) is 14.0 Å². The van der Waals surface area contributed by atoms with Gasteiger partial charge in [-0.2, -0.15) is 0 Å². The molecule has 7 nitrogen and oxygen atoms in total. The van der Waals surface area contributed by atoms with Crippen LogP contribution in [0.15, 0.2) is 27.5 Å². The average Bonchev–Trinajstić information content (AvgIpc) is 2.64. The highest BCUT2D eigenvalue weighted by atomic mass is 79.9. The molecule has 2 aromatic rings. The number of rotatable bonds is 5. The summed E-state index contributed by atoms with van der Waals surface area (Å²) in [6.45, 7) is -0.116. The van der Waals surface area contributed by atoms with Crippen LogP contribution >= 0.6 is 27.5 Å². The summed E-state index contributed by atoms with van der Waals surface area (Å²) in [4.78, 5) is 30.6. The lowest BCUT2D eigenvalue weighted by atomic mass is 10.0. The number of carbonyl (C=O) groups is 1. The van der Waals surface area contributed by atoms with Crippen LogP contribution in [0.5, 0.6) is 0 Å². The molecule has 0 bridgehead atoms. The molecule has 0 aliphatic carbocycles. The number of pyridine rings is 1. The van der Waals surface area contributed by atoms with Gasteiger partial charge >= 0.3 is 0 Å². The smallest absolute Gasteiger partial charge is 0.281 e. The Balaban J connectivity index is 2.12. The topological polar surface area (TPSA) is 83.8 Å². The van der Waals surface area contributed by atoms with E-state index in [2.05, 4.69) is 21.2 Å². The van der Waals surface area contributed by atoms with Gasteiger partial charge in [-0.15, -0.1) is 0 Å². The SMILES string of the molecule is Cn1c(Nc2ccc(Br)cc2F)c2c(c(Cl)c1=O)CCN(OCCO)C2=O. The van der Waals surface area contributed by atoms with Crippen LogP contribution in [0, 0.1) is 5.82 Å². The normalized spacial score (nSPS) is 13.7. The fraction of sp³-hybridized carbons (Fsp3) is 0.294. The third-order valence-corrected chi connectivity index (χ3v) is 5.04. The Bertz CT molecular complexity index is 966. The number of hydroxylamine groups is 2. The van der Waals surface area contributed by atoms with Crippen molar-refractivity contribution in [3.63, 3.8) is 0 Å². The highest BCUT2D eigenvalue weighted by Gasteiger charge is 2.33. The number of aliphatic hydroxyl groups is 1. The maximum atomic E-state index is 14.3. The Morgan fingerprint density at radius 3 is 2.81 bits per heavy atom. The minimum absolute atomic E-state index is 0.0509. The van der Waals surface area contributed by atoms with Crippen LogP contribution in [0.1, 0.15) is 15.9 Å².